The van der Waals surface area contributed by atoms with Crippen molar-refractivity contribution in [3.8, 4) is 0 Å². The van der Waals surface area contributed by atoms with Gasteiger partial charge in [-0.3, -0.25) is 0 Å². The molecule has 25 heavy (non-hydrogen) atoms. The number of rotatable bonds is 5. The first-order chi connectivity index (χ1) is 11.8. The van der Waals surface area contributed by atoms with Crippen LogP contribution in [0.3, 0.4) is 0 Å². The molecule has 0 aliphatic carbocycles. The maximum Gasteiger partial charge on any atom is 0.328 e. The highest BCUT2D eigenvalue weighted by Crippen LogP contribution is 2.38. The number of benzene rings is 1. The van der Waals surface area contributed by atoms with Crippen LogP contribution in [-0.4, -0.2) is 33.2 Å². The van der Waals surface area contributed by atoms with Gasteiger partial charge < -0.3 is 10.1 Å². The van der Waals surface area contributed by atoms with Crippen LogP contribution in [0.25, 0.3) is 6.08 Å². The highest BCUT2D eigenvalue weighted by molar-refractivity contribution is 7.94. The molecule has 3 atom stereocenters. The number of fused-ring (bicyclic) bond motifs is 2. The van der Waals surface area contributed by atoms with Crippen LogP contribution in [0.5, 0.6) is 0 Å². The van der Waals surface area contributed by atoms with E-state index in [0.29, 0.717) is 23.2 Å². The van der Waals surface area contributed by atoms with Gasteiger partial charge in [0.2, 0.25) is 0 Å². The van der Waals surface area contributed by atoms with Gasteiger partial charge in [0, 0.05) is 17.5 Å². The van der Waals surface area contributed by atoms with Crippen molar-refractivity contribution in [2.75, 3.05) is 6.54 Å². The Morgan fingerprint density at radius 3 is 2.64 bits per heavy atom. The molecule has 2 N–H and O–H groups in total. The molecule has 6 nitrogen and oxygen atoms in total. The quantitative estimate of drug-likeness (QED) is 0.817. The molecule has 8 heteroatoms. The van der Waals surface area contributed by atoms with E-state index in [1.54, 1.807) is 24.3 Å². The summed E-state index contributed by atoms with van der Waals surface area (Å²) < 4.78 is 32.3. The van der Waals surface area contributed by atoms with Gasteiger partial charge in [-0.25, -0.2) is 17.9 Å². The first-order valence-corrected chi connectivity index (χ1v) is 10.1. The van der Waals surface area contributed by atoms with Gasteiger partial charge in [0.1, 0.15) is 0 Å². The molecule has 3 rings (SSSR count). The SMILES string of the molecule is CC(=Cc1ccc(Cl)cc1)S(=O)(=O)NC(=O)NCC1CC2CCC1O2. The summed E-state index contributed by atoms with van der Waals surface area (Å²) in [7, 11) is -3.89. The van der Waals surface area contributed by atoms with Crippen LogP contribution in [0.15, 0.2) is 29.2 Å². The fraction of sp³-hybridized carbons (Fsp3) is 0.471. The Labute approximate surface area is 152 Å². The first kappa shape index (κ1) is 18.2. The molecule has 2 amide bonds. The second kappa shape index (κ2) is 7.35. The van der Waals surface area contributed by atoms with Crippen molar-refractivity contribution in [1.29, 1.82) is 0 Å². The number of amides is 2. The van der Waals surface area contributed by atoms with Gasteiger partial charge in [0.05, 0.1) is 17.1 Å². The number of carbonyl (C=O) groups excluding carboxylic acids is 1. The minimum Gasteiger partial charge on any atom is -0.375 e. The maximum absolute atomic E-state index is 12.2. The molecule has 3 unspecified atom stereocenters. The second-order valence-corrected chi connectivity index (χ2v) is 8.78. The molecule has 2 fully saturated rings. The third-order valence-corrected chi connectivity index (χ3v) is 6.32. The van der Waals surface area contributed by atoms with Crippen LogP contribution >= 0.6 is 11.6 Å². The van der Waals surface area contributed by atoms with Crippen LogP contribution < -0.4 is 10.0 Å². The average molecular weight is 385 g/mol. The average Bonchev–Trinajstić information content (AvgIpc) is 3.17. The monoisotopic (exact) mass is 384 g/mol. The molecule has 1 aromatic rings. The van der Waals surface area contributed by atoms with E-state index in [4.69, 9.17) is 16.3 Å². The van der Waals surface area contributed by atoms with E-state index in [-0.39, 0.29) is 16.9 Å². The number of sulfonamides is 1. The van der Waals surface area contributed by atoms with E-state index >= 15 is 0 Å². The van der Waals surface area contributed by atoms with E-state index in [9.17, 15) is 13.2 Å². The molecule has 0 saturated carbocycles. The van der Waals surface area contributed by atoms with Gasteiger partial charge in [-0.15, -0.1) is 0 Å². The van der Waals surface area contributed by atoms with Gasteiger partial charge in [-0.05, 0) is 50.0 Å². The molecule has 2 heterocycles. The van der Waals surface area contributed by atoms with Crippen LogP contribution in [0, 0.1) is 5.92 Å². The zero-order chi connectivity index (χ0) is 18.0. The normalized spacial score (nSPS) is 25.8. The predicted octanol–water partition coefficient (Wildman–Crippen LogP) is 2.90. The molecule has 0 radical (unpaired) electrons. The molecule has 2 aliphatic rings. The third kappa shape index (κ3) is 4.54. The Hall–Kier alpha value is -1.57. The van der Waals surface area contributed by atoms with Gasteiger partial charge in [0.25, 0.3) is 10.0 Å². The van der Waals surface area contributed by atoms with Crippen molar-refractivity contribution in [3.05, 3.63) is 39.8 Å². The van der Waals surface area contributed by atoms with Crippen molar-refractivity contribution in [3.63, 3.8) is 0 Å². The maximum atomic E-state index is 12.2. The van der Waals surface area contributed by atoms with Crippen molar-refractivity contribution >= 4 is 33.7 Å². The number of ether oxygens (including phenoxy) is 1. The zero-order valence-electron chi connectivity index (χ0n) is 13.9. The lowest BCUT2D eigenvalue weighted by molar-refractivity contribution is 0.0928. The lowest BCUT2D eigenvalue weighted by Gasteiger charge is -2.19. The molecule has 2 aliphatic heterocycles. The number of hydrogen-bond acceptors (Lipinski definition) is 4. The number of halogens is 1. The molecular weight excluding hydrogens is 364 g/mol. The number of hydrogen-bond donors (Lipinski definition) is 2. The zero-order valence-corrected chi connectivity index (χ0v) is 15.4. The highest BCUT2D eigenvalue weighted by atomic mass is 35.5. The minimum absolute atomic E-state index is 0.0493. The molecule has 0 spiro atoms. The van der Waals surface area contributed by atoms with Gasteiger partial charge in [-0.2, -0.15) is 0 Å². The van der Waals surface area contributed by atoms with Crippen molar-refractivity contribution in [1.82, 2.24) is 10.0 Å². The van der Waals surface area contributed by atoms with Crippen LogP contribution in [-0.2, 0) is 14.8 Å². The summed E-state index contributed by atoms with van der Waals surface area (Å²) in [5.74, 6) is 0.262. The molecule has 0 aromatic heterocycles. The fourth-order valence-electron chi connectivity index (χ4n) is 3.29. The summed E-state index contributed by atoms with van der Waals surface area (Å²) in [6, 6.07) is 6.04. The van der Waals surface area contributed by atoms with Gasteiger partial charge in [-0.1, -0.05) is 23.7 Å². The molecule has 136 valence electrons. The highest BCUT2D eigenvalue weighted by Gasteiger charge is 2.40. The molecule has 2 saturated heterocycles. The van der Waals surface area contributed by atoms with E-state index in [1.165, 1.54) is 13.0 Å². The number of nitrogens with one attached hydrogen (secondary N) is 2. The number of allylic oxidation sites excluding steroid dienone is 1. The van der Waals surface area contributed by atoms with E-state index in [1.807, 2.05) is 4.72 Å². The summed E-state index contributed by atoms with van der Waals surface area (Å²) >= 11 is 5.81. The molecule has 2 bridgehead atoms. The minimum atomic E-state index is -3.89. The summed E-state index contributed by atoms with van der Waals surface area (Å²) in [5.41, 5.74) is 0.687. The first-order valence-electron chi connectivity index (χ1n) is 8.23. The second-order valence-electron chi connectivity index (χ2n) is 6.49. The Kier molecular flexibility index (Phi) is 5.36. The number of urea groups is 1. The van der Waals surface area contributed by atoms with E-state index < -0.39 is 16.1 Å². The third-order valence-electron chi connectivity index (χ3n) is 4.65. The number of carbonyl (C=O) groups is 1. The Morgan fingerprint density at radius 1 is 1.32 bits per heavy atom. The summed E-state index contributed by atoms with van der Waals surface area (Å²) in [5, 5.41) is 3.21. The summed E-state index contributed by atoms with van der Waals surface area (Å²) in [6.07, 6.45) is 4.99. The lowest BCUT2D eigenvalue weighted by Crippen LogP contribution is -2.42. The fourth-order valence-corrected chi connectivity index (χ4v) is 4.19. The van der Waals surface area contributed by atoms with Crippen LogP contribution in [0.4, 0.5) is 4.79 Å². The molecule has 1 aromatic carbocycles. The van der Waals surface area contributed by atoms with Crippen molar-refractivity contribution < 1.29 is 17.9 Å². The topological polar surface area (TPSA) is 84.5 Å². The van der Waals surface area contributed by atoms with Crippen molar-refractivity contribution in [2.24, 2.45) is 5.92 Å². The van der Waals surface area contributed by atoms with E-state index in [0.717, 1.165) is 19.3 Å². The lowest BCUT2D eigenvalue weighted by atomic mass is 9.89. The Balaban J connectivity index is 1.54. The van der Waals surface area contributed by atoms with Gasteiger partial charge >= 0.3 is 6.03 Å². The molecular formula is C17H21ClN2O4S. The van der Waals surface area contributed by atoms with Crippen molar-refractivity contribution in [2.45, 2.75) is 38.4 Å². The van der Waals surface area contributed by atoms with Gasteiger partial charge in [0.15, 0.2) is 0 Å². The Bertz CT molecular complexity index is 776. The van der Waals surface area contributed by atoms with Crippen LogP contribution in [0.2, 0.25) is 5.02 Å². The Morgan fingerprint density at radius 2 is 2.04 bits per heavy atom. The largest absolute Gasteiger partial charge is 0.375 e. The standard InChI is InChI=1S/C17H21ClN2O4S/c1-11(8-12-2-4-14(18)5-3-12)25(22,23)20-17(21)19-10-13-9-15-6-7-16(13)24-15/h2-5,8,13,15-16H,6-7,9-10H2,1H3,(H2,19,20,21). The smallest absolute Gasteiger partial charge is 0.328 e. The van der Waals surface area contributed by atoms with E-state index in [2.05, 4.69) is 5.32 Å². The summed E-state index contributed by atoms with van der Waals surface area (Å²) in [6.45, 7) is 1.86. The van der Waals surface area contributed by atoms with Crippen LogP contribution in [0.1, 0.15) is 31.7 Å². The predicted molar refractivity (Wildman–Crippen MR) is 96.6 cm³/mol. The summed E-state index contributed by atoms with van der Waals surface area (Å²) in [4.78, 5) is 12.0.